The van der Waals surface area contributed by atoms with E-state index in [0.29, 0.717) is 21.5 Å². The molecule has 0 saturated carbocycles. The van der Waals surface area contributed by atoms with Gasteiger partial charge in [-0.2, -0.15) is 0 Å². The van der Waals surface area contributed by atoms with Crippen LogP contribution in [0.3, 0.4) is 0 Å². The number of hydrogen-bond donors (Lipinski definition) is 3. The van der Waals surface area contributed by atoms with Crippen molar-refractivity contribution in [3.05, 3.63) is 39.6 Å². The second-order valence-corrected chi connectivity index (χ2v) is 6.88. The zero-order valence-corrected chi connectivity index (χ0v) is 15.0. The first kappa shape index (κ1) is 16.8. The van der Waals surface area contributed by atoms with Crippen LogP contribution in [0.4, 0.5) is 10.8 Å². The summed E-state index contributed by atoms with van der Waals surface area (Å²) >= 11 is 13.3. The number of carbonyl (C=O) groups excluding carboxylic acids is 2. The Morgan fingerprint density at radius 2 is 1.96 bits per heavy atom. The summed E-state index contributed by atoms with van der Waals surface area (Å²) in [4.78, 5) is 30.6. The van der Waals surface area contributed by atoms with E-state index in [-0.39, 0.29) is 16.6 Å². The second kappa shape index (κ2) is 6.43. The van der Waals surface area contributed by atoms with E-state index in [1.54, 1.807) is 25.1 Å². The minimum absolute atomic E-state index is 0.152. The van der Waals surface area contributed by atoms with Gasteiger partial charge in [-0.15, -0.1) is 0 Å². The smallest absolute Gasteiger partial charge is 0.275 e. The Morgan fingerprint density at radius 1 is 1.21 bits per heavy atom. The lowest BCUT2D eigenvalue weighted by Crippen LogP contribution is -2.12. The average Bonchev–Trinajstić information content (AvgIpc) is 3.01. The lowest BCUT2D eigenvalue weighted by Gasteiger charge is -1.99. The van der Waals surface area contributed by atoms with E-state index in [9.17, 15) is 9.59 Å². The van der Waals surface area contributed by atoms with Crippen LogP contribution in [-0.2, 0) is 4.79 Å². The van der Waals surface area contributed by atoms with Gasteiger partial charge in [-0.05, 0) is 25.1 Å². The Balaban J connectivity index is 1.85. The second-order valence-electron chi connectivity index (χ2n) is 5.09. The van der Waals surface area contributed by atoms with Crippen LogP contribution in [0.2, 0.25) is 10.0 Å². The highest BCUT2D eigenvalue weighted by atomic mass is 35.5. The minimum Gasteiger partial charge on any atom is -0.352 e. The van der Waals surface area contributed by atoms with Gasteiger partial charge in [-0.25, -0.2) is 4.98 Å². The first-order chi connectivity index (χ1) is 11.3. The molecule has 0 unspecified atom stereocenters. The van der Waals surface area contributed by atoms with Gasteiger partial charge in [-0.1, -0.05) is 34.5 Å². The van der Waals surface area contributed by atoms with Crippen molar-refractivity contribution in [2.45, 2.75) is 13.8 Å². The SMILES string of the molecule is CC(=O)Nc1ccc2nc(NC(=O)c3[nH]c(C)c(Cl)c3Cl)sc2c1. The van der Waals surface area contributed by atoms with E-state index in [4.69, 9.17) is 23.2 Å². The number of rotatable bonds is 3. The molecule has 3 N–H and O–H groups in total. The van der Waals surface area contributed by atoms with Crippen LogP contribution in [0.1, 0.15) is 23.1 Å². The number of hydrogen-bond acceptors (Lipinski definition) is 4. The summed E-state index contributed by atoms with van der Waals surface area (Å²) in [7, 11) is 0. The van der Waals surface area contributed by atoms with Gasteiger partial charge in [-0.3, -0.25) is 14.9 Å². The third kappa shape index (κ3) is 3.24. The highest BCUT2D eigenvalue weighted by Crippen LogP contribution is 2.31. The van der Waals surface area contributed by atoms with Gasteiger partial charge < -0.3 is 10.3 Å². The lowest BCUT2D eigenvalue weighted by molar-refractivity contribution is -0.114. The molecule has 0 bridgehead atoms. The molecule has 2 heterocycles. The van der Waals surface area contributed by atoms with Gasteiger partial charge in [0, 0.05) is 18.3 Å². The Bertz CT molecular complexity index is 964. The largest absolute Gasteiger partial charge is 0.352 e. The fourth-order valence-corrected chi connectivity index (χ4v) is 3.46. The summed E-state index contributed by atoms with van der Waals surface area (Å²) in [6.07, 6.45) is 0. The number of amides is 2. The number of nitrogens with zero attached hydrogens (tertiary/aromatic N) is 1. The highest BCUT2D eigenvalue weighted by Gasteiger charge is 2.19. The molecule has 0 aliphatic carbocycles. The summed E-state index contributed by atoms with van der Waals surface area (Å²) in [5.74, 6) is -0.572. The van der Waals surface area contributed by atoms with Crippen LogP contribution < -0.4 is 10.6 Å². The number of aryl methyl sites for hydroxylation is 1. The molecule has 6 nitrogen and oxygen atoms in total. The third-order valence-electron chi connectivity index (χ3n) is 3.21. The minimum atomic E-state index is -0.420. The standard InChI is InChI=1S/C15H12Cl2N4O2S/c1-6-11(16)12(17)13(18-6)14(23)21-15-20-9-4-3-8(19-7(2)22)5-10(9)24-15/h3-5,18H,1-2H3,(H,19,22)(H,20,21,23). The molecule has 0 radical (unpaired) electrons. The number of anilines is 2. The number of nitrogens with one attached hydrogen (secondary N) is 3. The normalized spacial score (nSPS) is 10.8. The number of H-pyrrole nitrogens is 1. The van der Waals surface area contributed by atoms with Crippen LogP contribution in [-0.4, -0.2) is 21.8 Å². The van der Waals surface area contributed by atoms with E-state index in [1.165, 1.54) is 18.3 Å². The molecule has 0 spiro atoms. The van der Waals surface area contributed by atoms with E-state index >= 15 is 0 Å². The Morgan fingerprint density at radius 3 is 2.58 bits per heavy atom. The fraction of sp³-hybridized carbons (Fsp3) is 0.133. The van der Waals surface area contributed by atoms with Crippen molar-refractivity contribution >= 4 is 67.4 Å². The number of aromatic nitrogens is 2. The zero-order chi connectivity index (χ0) is 17.4. The maximum absolute atomic E-state index is 12.3. The molecule has 3 aromatic rings. The molecule has 0 aliphatic rings. The summed E-state index contributed by atoms with van der Waals surface area (Å²) in [6.45, 7) is 3.17. The van der Waals surface area contributed by atoms with Crippen LogP contribution in [0, 0.1) is 6.92 Å². The molecule has 0 saturated heterocycles. The van der Waals surface area contributed by atoms with E-state index in [2.05, 4.69) is 20.6 Å². The fourth-order valence-electron chi connectivity index (χ4n) is 2.15. The predicted molar refractivity (Wildman–Crippen MR) is 97.4 cm³/mol. The molecule has 0 fully saturated rings. The van der Waals surface area contributed by atoms with Crippen molar-refractivity contribution in [2.24, 2.45) is 0 Å². The Kier molecular flexibility index (Phi) is 4.49. The summed E-state index contributed by atoms with van der Waals surface area (Å²) < 4.78 is 0.836. The van der Waals surface area contributed by atoms with E-state index in [0.717, 1.165) is 10.2 Å². The molecule has 9 heteroatoms. The van der Waals surface area contributed by atoms with Crippen molar-refractivity contribution < 1.29 is 9.59 Å². The topological polar surface area (TPSA) is 86.9 Å². The number of thiazole rings is 1. The van der Waals surface area contributed by atoms with Crippen molar-refractivity contribution in [1.29, 1.82) is 0 Å². The maximum atomic E-state index is 12.3. The van der Waals surface area contributed by atoms with Crippen molar-refractivity contribution in [3.8, 4) is 0 Å². The molecule has 0 aliphatic heterocycles. The highest BCUT2D eigenvalue weighted by molar-refractivity contribution is 7.22. The Hall–Kier alpha value is -2.09. The summed E-state index contributed by atoms with van der Waals surface area (Å²) in [5.41, 5.74) is 2.20. The molecular weight excluding hydrogens is 371 g/mol. The Labute approximate surface area is 151 Å². The van der Waals surface area contributed by atoms with Crippen molar-refractivity contribution in [2.75, 3.05) is 10.6 Å². The summed E-state index contributed by atoms with van der Waals surface area (Å²) in [6, 6.07) is 5.32. The first-order valence-electron chi connectivity index (χ1n) is 6.88. The number of fused-ring (bicyclic) bond motifs is 1. The lowest BCUT2D eigenvalue weighted by atomic mass is 10.3. The summed E-state index contributed by atoms with van der Waals surface area (Å²) in [5, 5.41) is 6.33. The predicted octanol–water partition coefficient (Wildman–Crippen LogP) is 4.45. The average molecular weight is 383 g/mol. The number of carbonyl (C=O) groups is 2. The van der Waals surface area contributed by atoms with Crippen molar-refractivity contribution in [3.63, 3.8) is 0 Å². The number of benzene rings is 1. The molecule has 0 atom stereocenters. The number of aromatic amines is 1. The van der Waals surface area contributed by atoms with Gasteiger partial charge in [0.2, 0.25) is 5.91 Å². The van der Waals surface area contributed by atoms with Crippen LogP contribution in [0.5, 0.6) is 0 Å². The number of halogens is 2. The zero-order valence-electron chi connectivity index (χ0n) is 12.7. The molecular formula is C15H12Cl2N4O2S. The molecule has 24 heavy (non-hydrogen) atoms. The molecule has 2 amide bonds. The van der Waals surface area contributed by atoms with Crippen LogP contribution >= 0.6 is 34.5 Å². The van der Waals surface area contributed by atoms with E-state index in [1.807, 2.05) is 0 Å². The van der Waals surface area contributed by atoms with Gasteiger partial charge in [0.25, 0.3) is 5.91 Å². The monoisotopic (exact) mass is 382 g/mol. The van der Waals surface area contributed by atoms with Crippen LogP contribution in [0.25, 0.3) is 10.2 Å². The van der Waals surface area contributed by atoms with Crippen LogP contribution in [0.15, 0.2) is 18.2 Å². The van der Waals surface area contributed by atoms with Gasteiger partial charge in [0.05, 0.1) is 20.3 Å². The molecule has 2 aromatic heterocycles. The maximum Gasteiger partial charge on any atom is 0.275 e. The molecule has 124 valence electrons. The molecule has 3 rings (SSSR count). The quantitative estimate of drug-likeness (QED) is 0.625. The van der Waals surface area contributed by atoms with Gasteiger partial charge in [0.15, 0.2) is 5.13 Å². The third-order valence-corrected chi connectivity index (χ3v) is 5.09. The van der Waals surface area contributed by atoms with Gasteiger partial charge >= 0.3 is 0 Å². The van der Waals surface area contributed by atoms with Gasteiger partial charge in [0.1, 0.15) is 5.69 Å². The van der Waals surface area contributed by atoms with Crippen molar-refractivity contribution in [1.82, 2.24) is 9.97 Å². The van der Waals surface area contributed by atoms with E-state index < -0.39 is 5.91 Å². The molecule has 1 aromatic carbocycles. The first-order valence-corrected chi connectivity index (χ1v) is 8.45.